The van der Waals surface area contributed by atoms with Gasteiger partial charge in [0, 0.05) is 5.56 Å². The van der Waals surface area contributed by atoms with E-state index in [-0.39, 0.29) is 17.1 Å². The molecule has 3 rings (SSSR count). The van der Waals surface area contributed by atoms with Gasteiger partial charge in [-0.2, -0.15) is 5.10 Å². The van der Waals surface area contributed by atoms with E-state index in [0.29, 0.717) is 12.8 Å². The number of aromatic nitrogens is 3. The van der Waals surface area contributed by atoms with E-state index in [1.165, 1.54) is 23.4 Å². The molecular formula is C16H13ClF3N3O2. The van der Waals surface area contributed by atoms with E-state index < -0.39 is 23.1 Å². The van der Waals surface area contributed by atoms with E-state index in [2.05, 4.69) is 20.7 Å². The molecule has 2 aromatic rings. The highest BCUT2D eigenvalue weighted by atomic mass is 35.5. The Hall–Kier alpha value is -2.24. The lowest BCUT2D eigenvalue weighted by atomic mass is 9.78. The normalized spacial score (nSPS) is 18.2. The van der Waals surface area contributed by atoms with Crippen LogP contribution in [0.1, 0.15) is 18.4 Å². The molecule has 132 valence electrons. The molecule has 1 aromatic carbocycles. The summed E-state index contributed by atoms with van der Waals surface area (Å²) in [4.78, 5) is 3.82. The Labute approximate surface area is 146 Å². The lowest BCUT2D eigenvalue weighted by Crippen LogP contribution is -2.41. The Balaban J connectivity index is 2.01. The topological polar surface area (TPSA) is 60.2 Å². The van der Waals surface area contributed by atoms with Crippen LogP contribution < -0.4 is 4.74 Å². The maximum absolute atomic E-state index is 12.4. The molecule has 1 heterocycles. The summed E-state index contributed by atoms with van der Waals surface area (Å²) in [6.45, 7) is -0.0314. The molecule has 0 radical (unpaired) electrons. The number of terminal acetylenes is 1. The van der Waals surface area contributed by atoms with Crippen molar-refractivity contribution < 1.29 is 23.0 Å². The standard InChI is InChI=1S/C16H13ClF3N3O2/c1-2-14(5-6-14)15(24,8-23-10-21-9-22-23)12-4-3-11(7-13(12)17)25-16(18,19)20/h1,3-4,7,9-10,24H,5-6,8H2. The molecule has 1 fully saturated rings. The van der Waals surface area contributed by atoms with Crippen LogP contribution in [0, 0.1) is 17.8 Å². The van der Waals surface area contributed by atoms with Crippen LogP contribution in [0.2, 0.25) is 5.02 Å². The minimum Gasteiger partial charge on any atom is -0.406 e. The number of hydrogen-bond donors (Lipinski definition) is 1. The Morgan fingerprint density at radius 3 is 2.60 bits per heavy atom. The van der Waals surface area contributed by atoms with Crippen molar-refractivity contribution in [1.29, 1.82) is 0 Å². The van der Waals surface area contributed by atoms with Crippen molar-refractivity contribution in [3.05, 3.63) is 41.4 Å². The number of aliphatic hydroxyl groups is 1. The SMILES string of the molecule is C#CC1(C(O)(Cn2cncn2)c2ccc(OC(F)(F)F)cc2Cl)CC1. The van der Waals surface area contributed by atoms with Gasteiger partial charge in [0.1, 0.15) is 24.0 Å². The van der Waals surface area contributed by atoms with Crippen LogP contribution >= 0.6 is 11.6 Å². The Bertz CT molecular complexity index is 813. The maximum atomic E-state index is 12.4. The van der Waals surface area contributed by atoms with Gasteiger partial charge in [-0.3, -0.25) is 0 Å². The third-order valence-corrected chi connectivity index (χ3v) is 4.61. The summed E-state index contributed by atoms with van der Waals surface area (Å²) in [6.07, 6.45) is 4.61. The largest absolute Gasteiger partial charge is 0.573 e. The number of rotatable bonds is 5. The van der Waals surface area contributed by atoms with E-state index in [4.69, 9.17) is 18.0 Å². The molecule has 1 aromatic heterocycles. The number of halogens is 4. The zero-order chi connectivity index (χ0) is 18.3. The van der Waals surface area contributed by atoms with Gasteiger partial charge in [-0.25, -0.2) is 9.67 Å². The Morgan fingerprint density at radius 2 is 2.12 bits per heavy atom. The summed E-state index contributed by atoms with van der Waals surface area (Å²) in [5.74, 6) is 2.13. The van der Waals surface area contributed by atoms with Crippen molar-refractivity contribution in [2.75, 3.05) is 0 Å². The summed E-state index contributed by atoms with van der Waals surface area (Å²) >= 11 is 6.15. The fourth-order valence-corrected chi connectivity index (χ4v) is 3.20. The first-order valence-electron chi connectivity index (χ1n) is 7.27. The lowest BCUT2D eigenvalue weighted by Gasteiger charge is -2.35. The smallest absolute Gasteiger partial charge is 0.406 e. The van der Waals surface area contributed by atoms with Crippen molar-refractivity contribution in [3.63, 3.8) is 0 Å². The number of nitrogens with zero attached hydrogens (tertiary/aromatic N) is 3. The average Bonchev–Trinajstić information content (AvgIpc) is 3.17. The van der Waals surface area contributed by atoms with E-state index in [0.717, 1.165) is 12.1 Å². The van der Waals surface area contributed by atoms with Gasteiger partial charge < -0.3 is 9.84 Å². The van der Waals surface area contributed by atoms with E-state index in [9.17, 15) is 18.3 Å². The molecule has 0 saturated heterocycles. The first-order chi connectivity index (χ1) is 11.7. The van der Waals surface area contributed by atoms with Crippen LogP contribution in [-0.4, -0.2) is 26.2 Å². The molecule has 5 nitrogen and oxygen atoms in total. The number of hydrogen-bond acceptors (Lipinski definition) is 4. The average molecular weight is 372 g/mol. The molecule has 0 spiro atoms. The van der Waals surface area contributed by atoms with Crippen molar-refractivity contribution in [1.82, 2.24) is 14.8 Å². The minimum atomic E-state index is -4.83. The van der Waals surface area contributed by atoms with Crippen LogP contribution in [0.4, 0.5) is 13.2 Å². The summed E-state index contributed by atoms with van der Waals surface area (Å²) in [7, 11) is 0. The van der Waals surface area contributed by atoms with Gasteiger partial charge in [0.25, 0.3) is 0 Å². The van der Waals surface area contributed by atoms with Gasteiger partial charge in [-0.05, 0) is 25.0 Å². The van der Waals surface area contributed by atoms with Gasteiger partial charge in [0.2, 0.25) is 0 Å². The maximum Gasteiger partial charge on any atom is 0.573 e. The van der Waals surface area contributed by atoms with Crippen LogP contribution in [0.5, 0.6) is 5.75 Å². The molecule has 0 bridgehead atoms. The third kappa shape index (κ3) is 3.30. The molecular weight excluding hydrogens is 359 g/mol. The Kier molecular flexibility index (Phi) is 4.17. The van der Waals surface area contributed by atoms with Crippen molar-refractivity contribution in [3.8, 4) is 18.1 Å². The molecule has 1 aliphatic rings. The summed E-state index contributed by atoms with van der Waals surface area (Å²) < 4.78 is 42.3. The highest BCUT2D eigenvalue weighted by Crippen LogP contribution is 2.59. The van der Waals surface area contributed by atoms with Crippen molar-refractivity contribution in [2.24, 2.45) is 5.41 Å². The lowest BCUT2D eigenvalue weighted by molar-refractivity contribution is -0.274. The summed E-state index contributed by atoms with van der Waals surface area (Å²) in [6, 6.07) is 3.38. The van der Waals surface area contributed by atoms with Gasteiger partial charge in [-0.1, -0.05) is 23.6 Å². The van der Waals surface area contributed by atoms with Gasteiger partial charge in [0.15, 0.2) is 0 Å². The number of alkyl halides is 3. The van der Waals surface area contributed by atoms with Crippen LogP contribution in [0.25, 0.3) is 0 Å². The van der Waals surface area contributed by atoms with Crippen LogP contribution in [0.3, 0.4) is 0 Å². The summed E-state index contributed by atoms with van der Waals surface area (Å²) in [5.41, 5.74) is -2.26. The highest BCUT2D eigenvalue weighted by molar-refractivity contribution is 6.31. The van der Waals surface area contributed by atoms with Gasteiger partial charge >= 0.3 is 6.36 Å². The minimum absolute atomic E-state index is 0.0314. The first kappa shape index (κ1) is 17.6. The fourth-order valence-electron chi connectivity index (χ4n) is 2.87. The second-order valence-corrected chi connectivity index (χ2v) is 6.28. The zero-order valence-electron chi connectivity index (χ0n) is 12.8. The number of benzene rings is 1. The highest BCUT2D eigenvalue weighted by Gasteiger charge is 2.59. The zero-order valence-corrected chi connectivity index (χ0v) is 13.6. The predicted molar refractivity (Wildman–Crippen MR) is 82.6 cm³/mol. The first-order valence-corrected chi connectivity index (χ1v) is 7.65. The predicted octanol–water partition coefficient (Wildman–Crippen LogP) is 3.13. The quantitative estimate of drug-likeness (QED) is 0.820. The van der Waals surface area contributed by atoms with Gasteiger partial charge in [0.05, 0.1) is 17.0 Å². The molecule has 1 saturated carbocycles. The molecule has 9 heteroatoms. The fraction of sp³-hybridized carbons (Fsp3) is 0.375. The van der Waals surface area contributed by atoms with Crippen LogP contribution in [-0.2, 0) is 12.1 Å². The van der Waals surface area contributed by atoms with Crippen molar-refractivity contribution >= 4 is 11.6 Å². The monoisotopic (exact) mass is 371 g/mol. The molecule has 1 atom stereocenters. The van der Waals surface area contributed by atoms with E-state index in [1.54, 1.807) is 0 Å². The second-order valence-electron chi connectivity index (χ2n) is 5.87. The molecule has 1 N–H and O–H groups in total. The number of ether oxygens (including phenoxy) is 1. The Morgan fingerprint density at radius 1 is 1.40 bits per heavy atom. The molecule has 1 aliphatic carbocycles. The molecule has 0 amide bonds. The van der Waals surface area contributed by atoms with Gasteiger partial charge in [-0.15, -0.1) is 19.6 Å². The molecule has 0 aliphatic heterocycles. The van der Waals surface area contributed by atoms with E-state index >= 15 is 0 Å². The van der Waals surface area contributed by atoms with Crippen LogP contribution in [0.15, 0.2) is 30.9 Å². The third-order valence-electron chi connectivity index (χ3n) is 4.30. The van der Waals surface area contributed by atoms with E-state index in [1.807, 2.05) is 0 Å². The summed E-state index contributed by atoms with van der Waals surface area (Å²) in [5, 5.41) is 15.3. The molecule has 1 unspecified atom stereocenters. The second kappa shape index (κ2) is 5.93. The van der Waals surface area contributed by atoms with Crippen molar-refractivity contribution in [2.45, 2.75) is 31.3 Å². The molecule has 25 heavy (non-hydrogen) atoms.